The van der Waals surface area contributed by atoms with Gasteiger partial charge >= 0.3 is 0 Å². The molecule has 0 saturated carbocycles. The molecule has 0 radical (unpaired) electrons. The first kappa shape index (κ1) is 14.0. The van der Waals surface area contributed by atoms with Gasteiger partial charge in [0, 0.05) is 18.0 Å². The molecule has 0 saturated heterocycles. The number of fused-ring (bicyclic) bond motifs is 1. The van der Waals surface area contributed by atoms with Gasteiger partial charge in [-0.05, 0) is 31.2 Å². The predicted octanol–water partition coefficient (Wildman–Crippen LogP) is 5.03. The molecule has 0 spiro atoms. The lowest BCUT2D eigenvalue weighted by atomic mass is 10.2. The number of ether oxygens (including phenoxy) is 1. The highest BCUT2D eigenvalue weighted by Crippen LogP contribution is 2.27. The highest BCUT2D eigenvalue weighted by atomic mass is 35.5. The predicted molar refractivity (Wildman–Crippen MR) is 83.4 cm³/mol. The number of rotatable bonds is 4. The number of para-hydroxylation sites is 1. The molecule has 3 aromatic rings. The fraction of sp³-hybridized carbons (Fsp3) is 0.176. The summed E-state index contributed by atoms with van der Waals surface area (Å²) in [5.74, 6) is 0.223. The third-order valence-electron chi connectivity index (χ3n) is 3.46. The molecular weight excluding hydrogens is 289 g/mol. The van der Waals surface area contributed by atoms with Crippen molar-refractivity contribution in [1.29, 1.82) is 0 Å². The highest BCUT2D eigenvalue weighted by molar-refractivity contribution is 6.35. The van der Waals surface area contributed by atoms with Gasteiger partial charge in [0.1, 0.15) is 18.2 Å². The number of hydrogen-bond acceptors (Lipinski definition) is 1. The van der Waals surface area contributed by atoms with Gasteiger partial charge in [-0.25, -0.2) is 4.39 Å². The van der Waals surface area contributed by atoms with Crippen LogP contribution in [0.5, 0.6) is 5.75 Å². The summed E-state index contributed by atoms with van der Waals surface area (Å²) < 4.78 is 21.0. The molecular formula is C17H15ClFNO. The first-order valence-electron chi connectivity index (χ1n) is 6.84. The van der Waals surface area contributed by atoms with Gasteiger partial charge in [-0.1, -0.05) is 29.8 Å². The molecule has 0 unspecified atom stereocenters. The smallest absolute Gasteiger partial charge is 0.128 e. The van der Waals surface area contributed by atoms with Crippen LogP contribution >= 0.6 is 11.6 Å². The number of nitrogens with zero attached hydrogens (tertiary/aromatic N) is 1. The van der Waals surface area contributed by atoms with Crippen molar-refractivity contribution in [2.24, 2.45) is 0 Å². The minimum absolute atomic E-state index is 0.299. The Balaban J connectivity index is 1.92. The Bertz CT molecular complexity index is 782. The Morgan fingerprint density at radius 3 is 2.71 bits per heavy atom. The van der Waals surface area contributed by atoms with E-state index >= 15 is 0 Å². The van der Waals surface area contributed by atoms with Crippen molar-refractivity contribution in [1.82, 2.24) is 4.57 Å². The summed E-state index contributed by atoms with van der Waals surface area (Å²) in [5.41, 5.74) is 2.03. The molecule has 0 atom stereocenters. The van der Waals surface area contributed by atoms with Gasteiger partial charge in [0.05, 0.1) is 16.2 Å². The molecule has 1 heterocycles. The van der Waals surface area contributed by atoms with E-state index in [2.05, 4.69) is 17.6 Å². The first-order valence-corrected chi connectivity index (χ1v) is 7.22. The molecule has 3 rings (SSSR count). The zero-order valence-corrected chi connectivity index (χ0v) is 12.4. The normalized spacial score (nSPS) is 11.0. The minimum atomic E-state index is -0.299. The van der Waals surface area contributed by atoms with E-state index in [0.29, 0.717) is 12.4 Å². The number of aryl methyl sites for hydroxylation is 1. The van der Waals surface area contributed by atoms with E-state index in [-0.39, 0.29) is 5.82 Å². The number of aromatic nitrogens is 1. The van der Waals surface area contributed by atoms with E-state index < -0.39 is 0 Å². The molecule has 0 aliphatic rings. The largest absolute Gasteiger partial charge is 0.487 e. The quantitative estimate of drug-likeness (QED) is 0.659. The fourth-order valence-electron chi connectivity index (χ4n) is 2.53. The van der Waals surface area contributed by atoms with Crippen LogP contribution in [0.3, 0.4) is 0 Å². The Morgan fingerprint density at radius 1 is 1.14 bits per heavy atom. The van der Waals surface area contributed by atoms with Gasteiger partial charge in [0.25, 0.3) is 0 Å². The molecule has 2 aromatic carbocycles. The summed E-state index contributed by atoms with van der Waals surface area (Å²) >= 11 is 6.28. The average Bonchev–Trinajstić information content (AvgIpc) is 2.84. The van der Waals surface area contributed by atoms with Crippen LogP contribution in [0.1, 0.15) is 12.6 Å². The van der Waals surface area contributed by atoms with Crippen LogP contribution in [0, 0.1) is 5.82 Å². The van der Waals surface area contributed by atoms with Crippen LogP contribution in [-0.4, -0.2) is 4.57 Å². The van der Waals surface area contributed by atoms with Crippen molar-refractivity contribution in [2.75, 3.05) is 0 Å². The Labute approximate surface area is 127 Å². The van der Waals surface area contributed by atoms with Crippen LogP contribution in [0.25, 0.3) is 10.9 Å². The molecule has 21 heavy (non-hydrogen) atoms. The molecule has 0 fully saturated rings. The van der Waals surface area contributed by atoms with E-state index in [1.165, 1.54) is 12.1 Å². The average molecular weight is 304 g/mol. The molecule has 0 N–H and O–H groups in total. The lowest BCUT2D eigenvalue weighted by molar-refractivity contribution is 0.294. The molecule has 0 aliphatic heterocycles. The van der Waals surface area contributed by atoms with Crippen molar-refractivity contribution in [3.8, 4) is 5.75 Å². The summed E-state index contributed by atoms with van der Waals surface area (Å²) in [4.78, 5) is 0. The van der Waals surface area contributed by atoms with Crippen molar-refractivity contribution in [2.45, 2.75) is 20.1 Å². The zero-order valence-electron chi connectivity index (χ0n) is 11.6. The van der Waals surface area contributed by atoms with Crippen LogP contribution in [0.4, 0.5) is 4.39 Å². The lowest BCUT2D eigenvalue weighted by Gasteiger charge is -2.10. The summed E-state index contributed by atoms with van der Waals surface area (Å²) in [6.07, 6.45) is 0. The van der Waals surface area contributed by atoms with Gasteiger partial charge in [-0.15, -0.1) is 0 Å². The minimum Gasteiger partial charge on any atom is -0.487 e. The number of hydrogen-bond donors (Lipinski definition) is 0. The van der Waals surface area contributed by atoms with E-state index in [4.69, 9.17) is 16.3 Å². The third-order valence-corrected chi connectivity index (χ3v) is 3.76. The molecule has 2 nitrogen and oxygen atoms in total. The molecule has 0 aliphatic carbocycles. The van der Waals surface area contributed by atoms with Crippen LogP contribution in [-0.2, 0) is 13.2 Å². The van der Waals surface area contributed by atoms with E-state index in [0.717, 1.165) is 28.2 Å². The standard InChI is InChI=1S/C17H15ClFNO/c1-2-20-14(9-12-5-3-8-16(18)17(12)20)11-21-15-7-4-6-13(19)10-15/h3-10H,2,11H2,1H3. The number of benzene rings is 2. The molecule has 108 valence electrons. The van der Waals surface area contributed by atoms with Crippen molar-refractivity contribution in [3.05, 3.63) is 65.1 Å². The molecule has 1 aromatic heterocycles. The molecule has 4 heteroatoms. The van der Waals surface area contributed by atoms with Crippen LogP contribution in [0.2, 0.25) is 5.02 Å². The molecule has 0 amide bonds. The third kappa shape index (κ3) is 2.74. The maximum Gasteiger partial charge on any atom is 0.128 e. The monoisotopic (exact) mass is 303 g/mol. The van der Waals surface area contributed by atoms with Crippen molar-refractivity contribution < 1.29 is 9.13 Å². The maximum absolute atomic E-state index is 13.2. The summed E-state index contributed by atoms with van der Waals surface area (Å²) in [7, 11) is 0. The molecule has 0 bridgehead atoms. The number of halogens is 2. The summed E-state index contributed by atoms with van der Waals surface area (Å²) in [6, 6.07) is 14.1. The first-order chi connectivity index (χ1) is 10.2. The Hall–Kier alpha value is -2.00. The fourth-order valence-corrected chi connectivity index (χ4v) is 2.81. The van der Waals surface area contributed by atoms with Crippen LogP contribution in [0.15, 0.2) is 48.5 Å². The van der Waals surface area contributed by atoms with E-state index in [1.807, 2.05) is 18.2 Å². The summed E-state index contributed by atoms with van der Waals surface area (Å²) in [5, 5.41) is 1.81. The highest BCUT2D eigenvalue weighted by Gasteiger charge is 2.11. The maximum atomic E-state index is 13.2. The second kappa shape index (κ2) is 5.78. The van der Waals surface area contributed by atoms with Crippen molar-refractivity contribution in [3.63, 3.8) is 0 Å². The van der Waals surface area contributed by atoms with E-state index in [9.17, 15) is 4.39 Å². The van der Waals surface area contributed by atoms with E-state index in [1.54, 1.807) is 12.1 Å². The van der Waals surface area contributed by atoms with Crippen LogP contribution < -0.4 is 4.74 Å². The van der Waals surface area contributed by atoms with Crippen molar-refractivity contribution >= 4 is 22.5 Å². The van der Waals surface area contributed by atoms with Gasteiger partial charge in [0.2, 0.25) is 0 Å². The van der Waals surface area contributed by atoms with Gasteiger partial charge < -0.3 is 9.30 Å². The van der Waals surface area contributed by atoms with Gasteiger partial charge in [-0.2, -0.15) is 0 Å². The Kier molecular flexibility index (Phi) is 3.84. The van der Waals surface area contributed by atoms with Gasteiger partial charge in [-0.3, -0.25) is 0 Å². The second-order valence-electron chi connectivity index (χ2n) is 4.80. The lowest BCUT2D eigenvalue weighted by Crippen LogP contribution is -2.04. The topological polar surface area (TPSA) is 14.2 Å². The zero-order chi connectivity index (χ0) is 14.8. The second-order valence-corrected chi connectivity index (χ2v) is 5.21. The SMILES string of the molecule is CCn1c(COc2cccc(F)c2)cc2cccc(Cl)c21. The summed E-state index contributed by atoms with van der Waals surface area (Å²) in [6.45, 7) is 3.24. The van der Waals surface area contributed by atoms with Gasteiger partial charge in [0.15, 0.2) is 0 Å². The Morgan fingerprint density at radius 2 is 1.95 bits per heavy atom.